The van der Waals surface area contributed by atoms with Crippen LogP contribution in [0, 0.1) is 6.92 Å². The van der Waals surface area contributed by atoms with E-state index in [1.165, 1.54) is 19.1 Å². The summed E-state index contributed by atoms with van der Waals surface area (Å²) in [5, 5.41) is 11.0. The second-order valence-corrected chi connectivity index (χ2v) is 7.59. The number of hydrogen-bond donors (Lipinski definition) is 1. The number of halogens is 3. The molecule has 0 radical (unpaired) electrons. The third-order valence-corrected chi connectivity index (χ3v) is 5.15. The van der Waals surface area contributed by atoms with E-state index in [4.69, 9.17) is 4.74 Å². The largest absolute Gasteiger partial charge is 0.497 e. The number of benzene rings is 2. The highest BCUT2D eigenvalue weighted by atomic mass is 19.4. The maximum atomic E-state index is 13.1. The van der Waals surface area contributed by atoms with Crippen LogP contribution in [0.3, 0.4) is 0 Å². The van der Waals surface area contributed by atoms with Crippen LogP contribution in [0.1, 0.15) is 27.4 Å². The number of carbonyl (C=O) groups excluding carboxylic acids is 1. The zero-order valence-corrected chi connectivity index (χ0v) is 18.7. The highest BCUT2D eigenvalue weighted by Crippen LogP contribution is 2.30. The normalized spacial score (nSPS) is 11.3. The van der Waals surface area contributed by atoms with E-state index in [-0.39, 0.29) is 17.9 Å². The maximum Gasteiger partial charge on any atom is 0.416 e. The summed E-state index contributed by atoms with van der Waals surface area (Å²) in [5.41, 5.74) is -0.288. The molecule has 0 fully saturated rings. The molecule has 0 aliphatic heterocycles. The van der Waals surface area contributed by atoms with Crippen LogP contribution in [-0.4, -0.2) is 32.6 Å². The Morgan fingerprint density at radius 2 is 1.77 bits per heavy atom. The van der Waals surface area contributed by atoms with E-state index in [0.29, 0.717) is 11.4 Å². The lowest BCUT2D eigenvalue weighted by atomic mass is 10.2. The van der Waals surface area contributed by atoms with Gasteiger partial charge < -0.3 is 10.1 Å². The van der Waals surface area contributed by atoms with Gasteiger partial charge in [0.25, 0.3) is 5.91 Å². The number of alkyl halides is 3. The Morgan fingerprint density at radius 3 is 2.46 bits per heavy atom. The molecular weight excluding hydrogens is 463 g/mol. The van der Waals surface area contributed by atoms with Gasteiger partial charge in [-0.25, -0.2) is 9.36 Å². The Labute approximate surface area is 197 Å². The first kappa shape index (κ1) is 23.7. The number of methoxy groups -OCH3 is 1. The fourth-order valence-corrected chi connectivity index (χ4v) is 3.37. The zero-order valence-electron chi connectivity index (χ0n) is 18.7. The van der Waals surface area contributed by atoms with E-state index in [1.807, 2.05) is 12.1 Å². The fourth-order valence-electron chi connectivity index (χ4n) is 3.37. The number of amides is 1. The fraction of sp³-hybridized carbons (Fsp3) is 0.167. The standard InChI is InChI=1S/C24H20F3N5O3/c1-15-12-21(33)22(30-32(15)19-5-3-4-16(13-19)24(25,26)27)23(34)28-14-17-10-11-31(29-17)18-6-8-20(35-2)9-7-18/h3-13H,14H2,1-2H3,(H,28,34). The van der Waals surface area contributed by atoms with Crippen molar-refractivity contribution in [1.82, 2.24) is 24.9 Å². The lowest BCUT2D eigenvalue weighted by Gasteiger charge is -2.13. The van der Waals surface area contributed by atoms with Gasteiger partial charge in [-0.2, -0.15) is 23.4 Å². The number of aryl methyl sites for hydroxylation is 1. The van der Waals surface area contributed by atoms with E-state index in [9.17, 15) is 22.8 Å². The van der Waals surface area contributed by atoms with Gasteiger partial charge in [-0.1, -0.05) is 6.07 Å². The smallest absolute Gasteiger partial charge is 0.416 e. The summed E-state index contributed by atoms with van der Waals surface area (Å²) in [7, 11) is 1.57. The first-order valence-electron chi connectivity index (χ1n) is 10.4. The molecule has 0 aliphatic rings. The molecule has 1 amide bonds. The molecule has 0 unspecified atom stereocenters. The van der Waals surface area contributed by atoms with Gasteiger partial charge in [0, 0.05) is 18.0 Å². The first-order chi connectivity index (χ1) is 16.7. The molecule has 0 saturated carbocycles. The lowest BCUT2D eigenvalue weighted by molar-refractivity contribution is -0.137. The molecule has 2 aromatic heterocycles. The topological polar surface area (TPSA) is 91.0 Å². The van der Waals surface area contributed by atoms with Crippen molar-refractivity contribution in [1.29, 1.82) is 0 Å². The average molecular weight is 483 g/mol. The molecule has 0 spiro atoms. The molecule has 8 nitrogen and oxygen atoms in total. The number of hydrogen-bond acceptors (Lipinski definition) is 5. The molecule has 180 valence electrons. The zero-order chi connectivity index (χ0) is 25.2. The Balaban J connectivity index is 1.53. The van der Waals surface area contributed by atoms with Crippen LogP contribution in [0.2, 0.25) is 0 Å². The Kier molecular flexibility index (Phi) is 6.41. The van der Waals surface area contributed by atoms with Crippen molar-refractivity contribution in [2.45, 2.75) is 19.6 Å². The van der Waals surface area contributed by atoms with E-state index < -0.39 is 28.8 Å². The van der Waals surface area contributed by atoms with Crippen molar-refractivity contribution in [2.75, 3.05) is 7.11 Å². The summed E-state index contributed by atoms with van der Waals surface area (Å²) >= 11 is 0. The van der Waals surface area contributed by atoms with Gasteiger partial charge in [0.2, 0.25) is 5.43 Å². The summed E-state index contributed by atoms with van der Waals surface area (Å²) in [5.74, 6) is -0.0653. The molecule has 2 heterocycles. The molecule has 4 aromatic rings. The van der Waals surface area contributed by atoms with Gasteiger partial charge in [0.05, 0.1) is 36.3 Å². The summed E-state index contributed by atoms with van der Waals surface area (Å²) in [4.78, 5) is 25.1. The summed E-state index contributed by atoms with van der Waals surface area (Å²) in [6, 6.07) is 14.5. The van der Waals surface area contributed by atoms with Crippen molar-refractivity contribution in [2.24, 2.45) is 0 Å². The van der Waals surface area contributed by atoms with E-state index >= 15 is 0 Å². The van der Waals surface area contributed by atoms with E-state index in [2.05, 4.69) is 15.5 Å². The van der Waals surface area contributed by atoms with Crippen molar-refractivity contribution in [3.05, 3.63) is 99.7 Å². The van der Waals surface area contributed by atoms with Gasteiger partial charge in [0.1, 0.15) is 5.75 Å². The monoisotopic (exact) mass is 483 g/mol. The molecule has 1 N–H and O–H groups in total. The third-order valence-electron chi connectivity index (χ3n) is 5.15. The number of nitrogens with zero attached hydrogens (tertiary/aromatic N) is 4. The maximum absolute atomic E-state index is 13.1. The minimum atomic E-state index is -4.54. The minimum Gasteiger partial charge on any atom is -0.497 e. The lowest BCUT2D eigenvalue weighted by Crippen LogP contribution is -2.31. The molecule has 35 heavy (non-hydrogen) atoms. The van der Waals surface area contributed by atoms with Crippen LogP contribution in [0.5, 0.6) is 5.75 Å². The van der Waals surface area contributed by atoms with Crippen LogP contribution < -0.4 is 15.5 Å². The number of aromatic nitrogens is 4. The molecular formula is C24H20F3N5O3. The Bertz CT molecular complexity index is 1430. The number of nitrogens with one attached hydrogen (secondary N) is 1. The summed E-state index contributed by atoms with van der Waals surface area (Å²) < 4.78 is 47.2. The predicted octanol–water partition coefficient (Wildman–Crippen LogP) is 3.68. The van der Waals surface area contributed by atoms with Crippen LogP contribution in [0.25, 0.3) is 11.4 Å². The molecule has 0 saturated heterocycles. The molecule has 0 atom stereocenters. The second-order valence-electron chi connectivity index (χ2n) is 7.59. The quantitative estimate of drug-likeness (QED) is 0.452. The van der Waals surface area contributed by atoms with Crippen LogP contribution in [0.4, 0.5) is 13.2 Å². The predicted molar refractivity (Wildman–Crippen MR) is 121 cm³/mol. The van der Waals surface area contributed by atoms with E-state index in [1.54, 1.807) is 36.2 Å². The highest BCUT2D eigenvalue weighted by Gasteiger charge is 2.30. The number of ether oxygens (including phenoxy) is 1. The van der Waals surface area contributed by atoms with Crippen LogP contribution >= 0.6 is 0 Å². The molecule has 2 aromatic carbocycles. The average Bonchev–Trinajstić information content (AvgIpc) is 3.31. The first-order valence-corrected chi connectivity index (χ1v) is 10.4. The van der Waals surface area contributed by atoms with E-state index in [0.717, 1.165) is 28.6 Å². The van der Waals surface area contributed by atoms with Crippen molar-refractivity contribution in [3.8, 4) is 17.1 Å². The Morgan fingerprint density at radius 1 is 1.03 bits per heavy atom. The minimum absolute atomic E-state index is 0.0144. The van der Waals surface area contributed by atoms with Gasteiger partial charge in [-0.3, -0.25) is 9.59 Å². The van der Waals surface area contributed by atoms with Gasteiger partial charge in [0.15, 0.2) is 5.69 Å². The highest BCUT2D eigenvalue weighted by molar-refractivity contribution is 5.91. The second kappa shape index (κ2) is 9.45. The van der Waals surface area contributed by atoms with Gasteiger partial charge in [-0.05, 0) is 55.5 Å². The molecule has 4 rings (SSSR count). The molecule has 0 bridgehead atoms. The van der Waals surface area contributed by atoms with Crippen LogP contribution in [-0.2, 0) is 12.7 Å². The molecule has 11 heteroatoms. The summed E-state index contributed by atoms with van der Waals surface area (Å²) in [6.45, 7) is 1.53. The van der Waals surface area contributed by atoms with Gasteiger partial charge in [-0.15, -0.1) is 0 Å². The molecule has 0 aliphatic carbocycles. The third kappa shape index (κ3) is 5.24. The Hall–Kier alpha value is -4.41. The van der Waals surface area contributed by atoms with Crippen molar-refractivity contribution >= 4 is 5.91 Å². The summed E-state index contributed by atoms with van der Waals surface area (Å²) in [6.07, 6.45) is -2.83. The van der Waals surface area contributed by atoms with Crippen molar-refractivity contribution < 1.29 is 22.7 Å². The number of carbonyl (C=O) groups is 1. The van der Waals surface area contributed by atoms with Crippen molar-refractivity contribution in [3.63, 3.8) is 0 Å². The SMILES string of the molecule is COc1ccc(-n2ccc(CNC(=O)c3nn(-c4cccc(C(F)(F)F)c4)c(C)cc3=O)n2)cc1. The van der Waals surface area contributed by atoms with Crippen LogP contribution in [0.15, 0.2) is 71.7 Å². The van der Waals surface area contributed by atoms with Gasteiger partial charge >= 0.3 is 6.18 Å². The number of rotatable bonds is 6.